The van der Waals surface area contributed by atoms with E-state index >= 15 is 0 Å². The van der Waals surface area contributed by atoms with Gasteiger partial charge in [-0.05, 0) is 42.5 Å². The van der Waals surface area contributed by atoms with Crippen LogP contribution in [0.2, 0.25) is 0 Å². The van der Waals surface area contributed by atoms with E-state index in [1.165, 1.54) is 0 Å². The Kier molecular flexibility index (Phi) is 4.89. The quantitative estimate of drug-likeness (QED) is 0.786. The molecule has 0 aliphatic carbocycles. The zero-order valence-electron chi connectivity index (χ0n) is 17.6. The minimum atomic E-state index is -0.933. The molecule has 1 amide bonds. The van der Waals surface area contributed by atoms with Crippen molar-refractivity contribution in [1.82, 2.24) is 20.2 Å². The van der Waals surface area contributed by atoms with Gasteiger partial charge in [-0.2, -0.15) is 0 Å². The average Bonchev–Trinajstić information content (AvgIpc) is 3.34. The third kappa shape index (κ3) is 3.54. The average molecular weight is 423 g/mol. The first-order valence-corrected chi connectivity index (χ1v) is 10.6. The second-order valence-corrected chi connectivity index (χ2v) is 8.76. The minimum Gasteiger partial charge on any atom is -0.507 e. The molecule has 0 radical (unpaired) electrons. The number of hydrogen-bond acceptors (Lipinski definition) is 6. The van der Waals surface area contributed by atoms with E-state index in [-0.39, 0.29) is 23.7 Å². The molecule has 5 rings (SSSR count). The topological polar surface area (TPSA) is 81.6 Å². The summed E-state index contributed by atoms with van der Waals surface area (Å²) in [5.74, 6) is 0.655. The van der Waals surface area contributed by atoms with E-state index in [1.54, 1.807) is 42.6 Å². The van der Waals surface area contributed by atoms with Crippen LogP contribution in [-0.2, 0) is 4.79 Å². The number of aromatic nitrogens is 2. The van der Waals surface area contributed by atoms with E-state index in [2.05, 4.69) is 15.3 Å². The Balaban J connectivity index is 1.34. The summed E-state index contributed by atoms with van der Waals surface area (Å²) >= 11 is 0. The Hall–Kier alpha value is -3.00. The third-order valence-electron chi connectivity index (χ3n) is 6.78. The second-order valence-electron chi connectivity index (χ2n) is 8.76. The number of piperidine rings is 1. The Bertz CT molecular complexity index is 1040. The van der Waals surface area contributed by atoms with E-state index in [0.717, 1.165) is 30.4 Å². The van der Waals surface area contributed by atoms with Crippen LogP contribution < -0.4 is 10.2 Å². The number of rotatable bonds is 4. The van der Waals surface area contributed by atoms with Gasteiger partial charge < -0.3 is 20.2 Å². The van der Waals surface area contributed by atoms with Crippen molar-refractivity contribution in [1.29, 1.82) is 0 Å². The van der Waals surface area contributed by atoms with Gasteiger partial charge in [0.15, 0.2) is 0 Å². The molecule has 4 atom stereocenters. The van der Waals surface area contributed by atoms with Crippen molar-refractivity contribution in [3.05, 3.63) is 42.2 Å². The number of phenols is 1. The SMILES string of the molecule is CN1CC(c2ccc(-c3cnc(N(C)[C@H]4CC5CCC(N5)[C@H]4F)cn3)c(O)c2)=CC1=O. The van der Waals surface area contributed by atoms with Crippen LogP contribution >= 0.6 is 0 Å². The summed E-state index contributed by atoms with van der Waals surface area (Å²) < 4.78 is 14.9. The standard InChI is InChI=1S/C23H26FN5O2/c1-28-12-14(8-22(28)31)13-3-5-16(20(30)7-13)18-10-26-21(11-25-18)29(2)19-9-15-4-6-17(27-15)23(19)24/h3,5,7-8,10-11,15,17,19,23,27,30H,4,6,9,12H2,1-2H3/t15?,17?,19-,23+/m0/s1. The summed E-state index contributed by atoms with van der Waals surface area (Å²) in [7, 11) is 3.61. The molecule has 2 aromatic rings. The van der Waals surface area contributed by atoms with Gasteiger partial charge in [-0.3, -0.25) is 9.78 Å². The maximum absolute atomic E-state index is 14.9. The molecule has 3 aliphatic rings. The lowest BCUT2D eigenvalue weighted by atomic mass is 9.96. The van der Waals surface area contributed by atoms with Crippen LogP contribution in [0.5, 0.6) is 5.75 Å². The number of likely N-dealkylation sites (N-methyl/N-ethyl adjacent to an activating group) is 1. The van der Waals surface area contributed by atoms with E-state index in [0.29, 0.717) is 29.7 Å². The van der Waals surface area contributed by atoms with Crippen molar-refractivity contribution < 1.29 is 14.3 Å². The van der Waals surface area contributed by atoms with Crippen molar-refractivity contribution in [3.63, 3.8) is 0 Å². The van der Waals surface area contributed by atoms with Crippen LogP contribution in [0, 0.1) is 0 Å². The number of amides is 1. The van der Waals surface area contributed by atoms with Gasteiger partial charge in [0.05, 0.1) is 24.1 Å². The highest BCUT2D eigenvalue weighted by atomic mass is 19.1. The summed E-state index contributed by atoms with van der Waals surface area (Å²) in [6, 6.07) is 5.38. The predicted octanol–water partition coefficient (Wildman–Crippen LogP) is 2.37. The minimum absolute atomic E-state index is 0.0404. The number of fused-ring (bicyclic) bond motifs is 2. The molecule has 2 unspecified atom stereocenters. The Morgan fingerprint density at radius 3 is 2.77 bits per heavy atom. The largest absolute Gasteiger partial charge is 0.507 e. The molecule has 2 fully saturated rings. The third-order valence-corrected chi connectivity index (χ3v) is 6.78. The van der Waals surface area contributed by atoms with Gasteiger partial charge in [-0.1, -0.05) is 6.07 Å². The van der Waals surface area contributed by atoms with E-state index in [4.69, 9.17) is 0 Å². The van der Waals surface area contributed by atoms with Gasteiger partial charge in [0.1, 0.15) is 17.7 Å². The molecular weight excluding hydrogens is 397 g/mol. The maximum Gasteiger partial charge on any atom is 0.246 e. The highest BCUT2D eigenvalue weighted by Crippen LogP contribution is 2.34. The number of carbonyl (C=O) groups excluding carboxylic acids is 1. The van der Waals surface area contributed by atoms with Gasteiger partial charge in [-0.15, -0.1) is 0 Å². The Labute approximate surface area is 180 Å². The van der Waals surface area contributed by atoms with Crippen LogP contribution in [0.1, 0.15) is 24.8 Å². The number of anilines is 1. The molecule has 7 nitrogen and oxygen atoms in total. The van der Waals surface area contributed by atoms with Crippen molar-refractivity contribution in [2.24, 2.45) is 0 Å². The van der Waals surface area contributed by atoms with Gasteiger partial charge in [0, 0.05) is 44.4 Å². The number of hydrogen-bond donors (Lipinski definition) is 2. The molecule has 8 heteroatoms. The van der Waals surface area contributed by atoms with E-state index in [1.807, 2.05) is 18.0 Å². The predicted molar refractivity (Wildman–Crippen MR) is 116 cm³/mol. The molecule has 3 aliphatic heterocycles. The summed E-state index contributed by atoms with van der Waals surface area (Å²) in [5.41, 5.74) is 2.77. The fraction of sp³-hybridized carbons (Fsp3) is 0.435. The number of phenolic OH excluding ortho intramolecular Hbond substituents is 1. The van der Waals surface area contributed by atoms with Crippen molar-refractivity contribution >= 4 is 17.3 Å². The van der Waals surface area contributed by atoms with Crippen LogP contribution in [0.15, 0.2) is 36.7 Å². The first-order chi connectivity index (χ1) is 14.9. The summed E-state index contributed by atoms with van der Waals surface area (Å²) in [4.78, 5) is 24.2. The van der Waals surface area contributed by atoms with Crippen molar-refractivity contribution in [2.45, 2.75) is 43.6 Å². The first kappa shape index (κ1) is 19.9. The lowest BCUT2D eigenvalue weighted by molar-refractivity contribution is -0.123. The van der Waals surface area contributed by atoms with Crippen LogP contribution in [0.4, 0.5) is 10.2 Å². The zero-order valence-corrected chi connectivity index (χ0v) is 17.6. The van der Waals surface area contributed by atoms with Crippen LogP contribution in [0.3, 0.4) is 0 Å². The van der Waals surface area contributed by atoms with Gasteiger partial charge in [-0.25, -0.2) is 9.37 Å². The number of nitrogens with zero attached hydrogens (tertiary/aromatic N) is 4. The Morgan fingerprint density at radius 1 is 1.26 bits per heavy atom. The highest BCUT2D eigenvalue weighted by molar-refractivity contribution is 6.00. The molecule has 4 heterocycles. The molecule has 1 aromatic carbocycles. The number of halogens is 1. The number of carbonyl (C=O) groups is 1. The summed E-state index contributed by atoms with van der Waals surface area (Å²) in [6.07, 6.45) is 6.56. The molecule has 31 heavy (non-hydrogen) atoms. The molecule has 0 spiro atoms. The smallest absolute Gasteiger partial charge is 0.246 e. The highest BCUT2D eigenvalue weighted by Gasteiger charge is 2.43. The number of nitrogens with one attached hydrogen (secondary N) is 1. The fourth-order valence-electron chi connectivity index (χ4n) is 4.92. The molecule has 2 bridgehead atoms. The lowest BCUT2D eigenvalue weighted by Gasteiger charge is -2.38. The normalized spacial score (nSPS) is 27.5. The van der Waals surface area contributed by atoms with Crippen molar-refractivity contribution in [3.8, 4) is 17.0 Å². The molecule has 0 saturated carbocycles. The lowest BCUT2D eigenvalue weighted by Crippen LogP contribution is -2.55. The second kappa shape index (κ2) is 7.60. The zero-order chi connectivity index (χ0) is 21.7. The number of alkyl halides is 1. The molecule has 2 N–H and O–H groups in total. The Morgan fingerprint density at radius 2 is 2.10 bits per heavy atom. The summed E-state index contributed by atoms with van der Waals surface area (Å²) in [5, 5.41) is 13.9. The molecule has 1 aromatic heterocycles. The van der Waals surface area contributed by atoms with E-state index < -0.39 is 6.17 Å². The van der Waals surface area contributed by atoms with Gasteiger partial charge in [0.25, 0.3) is 0 Å². The van der Waals surface area contributed by atoms with E-state index in [9.17, 15) is 14.3 Å². The number of aromatic hydroxyl groups is 1. The van der Waals surface area contributed by atoms with Crippen LogP contribution in [0.25, 0.3) is 16.8 Å². The van der Waals surface area contributed by atoms with Crippen molar-refractivity contribution in [2.75, 3.05) is 25.5 Å². The fourth-order valence-corrected chi connectivity index (χ4v) is 4.92. The molecule has 2 saturated heterocycles. The van der Waals surface area contributed by atoms with Gasteiger partial charge in [0.2, 0.25) is 5.91 Å². The molecule has 162 valence electrons. The monoisotopic (exact) mass is 423 g/mol. The first-order valence-electron chi connectivity index (χ1n) is 10.6. The number of benzene rings is 1. The maximum atomic E-state index is 14.9. The summed E-state index contributed by atoms with van der Waals surface area (Å²) in [6.45, 7) is 0.520. The molecular formula is C23H26FN5O2. The van der Waals surface area contributed by atoms with Crippen LogP contribution in [-0.4, -0.2) is 70.8 Å². The van der Waals surface area contributed by atoms with Gasteiger partial charge >= 0.3 is 0 Å².